The number of fused-ring (bicyclic) bond motifs is 2. The number of hydrogen-bond donors (Lipinski definition) is 1. The van der Waals surface area contributed by atoms with E-state index in [4.69, 9.17) is 5.26 Å². The Morgan fingerprint density at radius 2 is 1.95 bits per heavy atom. The zero-order chi connectivity index (χ0) is 13.6. The second kappa shape index (κ2) is 4.33. The summed E-state index contributed by atoms with van der Waals surface area (Å²) in [7, 11) is 2.17. The van der Waals surface area contributed by atoms with Gasteiger partial charge in [0.2, 0.25) is 0 Å². The number of benzene rings is 1. The van der Waals surface area contributed by atoms with Crippen molar-refractivity contribution in [1.29, 1.82) is 5.26 Å². The van der Waals surface area contributed by atoms with Crippen molar-refractivity contribution >= 4 is 0 Å². The third-order valence-electron chi connectivity index (χ3n) is 5.00. The molecular weight excluding hydrogens is 236 g/mol. The quantitative estimate of drug-likeness (QED) is 0.838. The monoisotopic (exact) mass is 256 g/mol. The van der Waals surface area contributed by atoms with Crippen LogP contribution in [0.1, 0.15) is 42.4 Å². The minimum Gasteiger partial charge on any atom is -0.385 e. The van der Waals surface area contributed by atoms with Gasteiger partial charge in [-0.15, -0.1) is 0 Å². The highest BCUT2D eigenvalue weighted by Crippen LogP contribution is 2.45. The Morgan fingerprint density at radius 3 is 2.53 bits per heavy atom. The summed E-state index contributed by atoms with van der Waals surface area (Å²) in [6.45, 7) is 2.02. The zero-order valence-corrected chi connectivity index (χ0v) is 11.6. The average molecular weight is 256 g/mol. The second-order valence-corrected chi connectivity index (χ2v) is 6.13. The first-order chi connectivity index (χ1) is 9.03. The molecule has 2 saturated heterocycles. The highest BCUT2D eigenvalue weighted by molar-refractivity contribution is 5.41. The fourth-order valence-corrected chi connectivity index (χ4v) is 3.86. The van der Waals surface area contributed by atoms with E-state index in [-0.39, 0.29) is 0 Å². The average Bonchev–Trinajstić information content (AvgIpc) is 2.63. The zero-order valence-electron chi connectivity index (χ0n) is 11.6. The lowest BCUT2D eigenvalue weighted by atomic mass is 9.78. The molecule has 3 rings (SSSR count). The van der Waals surface area contributed by atoms with Gasteiger partial charge in [0.05, 0.1) is 17.2 Å². The molecule has 2 aliphatic heterocycles. The van der Waals surface area contributed by atoms with Crippen molar-refractivity contribution in [2.45, 2.75) is 50.3 Å². The Kier molecular flexibility index (Phi) is 2.88. The topological polar surface area (TPSA) is 47.3 Å². The summed E-state index contributed by atoms with van der Waals surface area (Å²) >= 11 is 0. The van der Waals surface area contributed by atoms with Crippen LogP contribution in [0.3, 0.4) is 0 Å². The van der Waals surface area contributed by atoms with Crippen molar-refractivity contribution in [2.24, 2.45) is 0 Å². The molecule has 2 fully saturated rings. The Morgan fingerprint density at radius 1 is 1.32 bits per heavy atom. The van der Waals surface area contributed by atoms with Crippen LogP contribution in [0.25, 0.3) is 0 Å². The van der Waals surface area contributed by atoms with Crippen LogP contribution < -0.4 is 0 Å². The molecule has 0 amide bonds. The maximum absolute atomic E-state index is 11.1. The Hall–Kier alpha value is -1.37. The largest absolute Gasteiger partial charge is 0.385 e. The number of hydrogen-bond acceptors (Lipinski definition) is 3. The molecule has 0 spiro atoms. The summed E-state index contributed by atoms with van der Waals surface area (Å²) in [5, 5.41) is 20.2. The van der Waals surface area contributed by atoms with Crippen LogP contribution in [0, 0.1) is 18.3 Å². The highest BCUT2D eigenvalue weighted by Gasteiger charge is 2.47. The van der Waals surface area contributed by atoms with E-state index in [0.717, 1.165) is 24.0 Å². The van der Waals surface area contributed by atoms with Gasteiger partial charge in [0.1, 0.15) is 0 Å². The summed E-state index contributed by atoms with van der Waals surface area (Å²) in [4.78, 5) is 2.41. The molecular formula is C16H20N2O. The van der Waals surface area contributed by atoms with Gasteiger partial charge in [-0.1, -0.05) is 6.07 Å². The van der Waals surface area contributed by atoms with Crippen molar-refractivity contribution < 1.29 is 5.11 Å². The van der Waals surface area contributed by atoms with Gasteiger partial charge in [0.25, 0.3) is 0 Å². The molecule has 0 saturated carbocycles. The predicted molar refractivity (Wildman–Crippen MR) is 73.6 cm³/mol. The summed E-state index contributed by atoms with van der Waals surface area (Å²) < 4.78 is 0. The molecule has 3 heteroatoms. The van der Waals surface area contributed by atoms with E-state index in [0.29, 0.717) is 17.6 Å². The van der Waals surface area contributed by atoms with Crippen molar-refractivity contribution in [2.75, 3.05) is 7.05 Å². The van der Waals surface area contributed by atoms with Crippen LogP contribution in [-0.4, -0.2) is 29.1 Å². The van der Waals surface area contributed by atoms with E-state index in [2.05, 4.69) is 18.0 Å². The second-order valence-electron chi connectivity index (χ2n) is 6.13. The normalized spacial score (nSPS) is 34.2. The molecule has 0 aliphatic carbocycles. The molecule has 2 unspecified atom stereocenters. The molecule has 1 N–H and O–H groups in total. The Balaban J connectivity index is 2.00. The summed E-state index contributed by atoms with van der Waals surface area (Å²) in [5.74, 6) is 0. The van der Waals surface area contributed by atoms with Gasteiger partial charge in [-0.25, -0.2) is 0 Å². The SMILES string of the molecule is Cc1ccc(C#N)cc1C1(O)CC2CCC(C1)N2C. The molecule has 0 radical (unpaired) electrons. The molecule has 19 heavy (non-hydrogen) atoms. The molecule has 2 heterocycles. The van der Waals surface area contributed by atoms with Gasteiger partial charge >= 0.3 is 0 Å². The number of piperidine rings is 1. The van der Waals surface area contributed by atoms with E-state index in [9.17, 15) is 5.11 Å². The minimum absolute atomic E-state index is 0.480. The molecule has 2 bridgehead atoms. The molecule has 0 aromatic heterocycles. The lowest BCUT2D eigenvalue weighted by molar-refractivity contribution is -0.0497. The Bertz CT molecular complexity index is 532. The fourth-order valence-electron chi connectivity index (χ4n) is 3.86. The first-order valence-electron chi connectivity index (χ1n) is 6.99. The molecule has 2 aliphatic rings. The molecule has 1 aromatic carbocycles. The van der Waals surface area contributed by atoms with Crippen LogP contribution in [-0.2, 0) is 5.60 Å². The summed E-state index contributed by atoms with van der Waals surface area (Å²) in [5.41, 5.74) is 1.93. The van der Waals surface area contributed by atoms with Crippen LogP contribution in [0.15, 0.2) is 18.2 Å². The minimum atomic E-state index is -0.755. The van der Waals surface area contributed by atoms with Crippen molar-refractivity contribution in [3.63, 3.8) is 0 Å². The molecule has 100 valence electrons. The van der Waals surface area contributed by atoms with Crippen LogP contribution >= 0.6 is 0 Å². The van der Waals surface area contributed by atoms with Gasteiger partial charge in [0.15, 0.2) is 0 Å². The van der Waals surface area contributed by atoms with Crippen LogP contribution in [0.5, 0.6) is 0 Å². The maximum atomic E-state index is 11.1. The lowest BCUT2D eigenvalue weighted by Gasteiger charge is -2.43. The van der Waals surface area contributed by atoms with E-state index in [1.54, 1.807) is 0 Å². The van der Waals surface area contributed by atoms with Gasteiger partial charge in [0, 0.05) is 12.1 Å². The Labute approximate surface area is 114 Å². The van der Waals surface area contributed by atoms with E-state index < -0.39 is 5.60 Å². The summed E-state index contributed by atoms with van der Waals surface area (Å²) in [6, 6.07) is 8.79. The first-order valence-corrected chi connectivity index (χ1v) is 6.99. The third kappa shape index (κ3) is 1.96. The lowest BCUT2D eigenvalue weighted by Crippen LogP contribution is -2.47. The van der Waals surface area contributed by atoms with Crippen molar-refractivity contribution in [3.8, 4) is 6.07 Å². The van der Waals surface area contributed by atoms with Gasteiger partial charge in [-0.3, -0.25) is 0 Å². The summed E-state index contributed by atoms with van der Waals surface area (Å²) in [6.07, 6.45) is 3.94. The number of rotatable bonds is 1. The van der Waals surface area contributed by atoms with E-state index in [1.807, 2.05) is 25.1 Å². The van der Waals surface area contributed by atoms with Crippen LogP contribution in [0.4, 0.5) is 0 Å². The van der Waals surface area contributed by atoms with Gasteiger partial charge in [-0.2, -0.15) is 5.26 Å². The van der Waals surface area contributed by atoms with Crippen molar-refractivity contribution in [3.05, 3.63) is 34.9 Å². The van der Waals surface area contributed by atoms with Crippen molar-refractivity contribution in [1.82, 2.24) is 4.90 Å². The number of aliphatic hydroxyl groups is 1. The molecule has 1 aromatic rings. The van der Waals surface area contributed by atoms with Gasteiger partial charge < -0.3 is 10.0 Å². The highest BCUT2D eigenvalue weighted by atomic mass is 16.3. The van der Waals surface area contributed by atoms with E-state index >= 15 is 0 Å². The third-order valence-corrected chi connectivity index (χ3v) is 5.00. The van der Waals surface area contributed by atoms with E-state index in [1.165, 1.54) is 12.8 Å². The smallest absolute Gasteiger partial charge is 0.0991 e. The number of nitrogens with zero attached hydrogens (tertiary/aromatic N) is 2. The maximum Gasteiger partial charge on any atom is 0.0991 e. The molecule has 3 nitrogen and oxygen atoms in total. The number of aryl methyl sites for hydroxylation is 1. The fraction of sp³-hybridized carbons (Fsp3) is 0.562. The van der Waals surface area contributed by atoms with Crippen LogP contribution in [0.2, 0.25) is 0 Å². The standard InChI is InChI=1S/C16H20N2O/c1-11-3-4-12(10-17)7-15(11)16(19)8-13-5-6-14(9-16)18(13)2/h3-4,7,13-14,19H,5-6,8-9H2,1-2H3. The molecule has 2 atom stereocenters. The van der Waals surface area contributed by atoms with Gasteiger partial charge in [-0.05, 0) is 62.9 Å². The number of nitriles is 1. The first kappa shape index (κ1) is 12.7. The predicted octanol–water partition coefficient (Wildman–Crippen LogP) is 2.31.